The number of ether oxygens (including phenoxy) is 4. The quantitative estimate of drug-likeness (QED) is 0.338. The number of hydrogen-bond acceptors (Lipinski definition) is 5. The van der Waals surface area contributed by atoms with Crippen LogP contribution in [0.25, 0.3) is 0 Å². The van der Waals surface area contributed by atoms with Crippen molar-refractivity contribution in [2.24, 2.45) is 23.7 Å². The summed E-state index contributed by atoms with van der Waals surface area (Å²) in [6.07, 6.45) is 16.2. The first kappa shape index (κ1) is 28.0. The van der Waals surface area contributed by atoms with Crippen LogP contribution < -0.4 is 0 Å². The van der Waals surface area contributed by atoms with Crippen molar-refractivity contribution in [3.8, 4) is 0 Å². The molecule has 5 nitrogen and oxygen atoms in total. The lowest BCUT2D eigenvalue weighted by molar-refractivity contribution is -0.193. The normalized spacial score (nSPS) is 36.0. The molecule has 6 heteroatoms. The fraction of sp³-hybridized carbons (Fsp3) is 0.800. The van der Waals surface area contributed by atoms with Crippen LogP contribution >= 0.6 is 0 Å². The Morgan fingerprint density at radius 2 is 1.81 bits per heavy atom. The number of allylic oxidation sites excluding steroid dienone is 3. The van der Waals surface area contributed by atoms with Crippen LogP contribution in [0.4, 0.5) is 4.39 Å². The van der Waals surface area contributed by atoms with Gasteiger partial charge in [-0.3, -0.25) is 0 Å². The summed E-state index contributed by atoms with van der Waals surface area (Å²) in [5.74, 6) is 0.849. The van der Waals surface area contributed by atoms with Crippen molar-refractivity contribution in [2.75, 3.05) is 19.8 Å². The predicted octanol–water partition coefficient (Wildman–Crippen LogP) is 6.62. The minimum Gasteiger partial charge on any atom is -0.389 e. The lowest BCUT2D eigenvalue weighted by Gasteiger charge is -2.31. The molecule has 2 aliphatic heterocycles. The lowest BCUT2D eigenvalue weighted by Crippen LogP contribution is -2.32. The van der Waals surface area contributed by atoms with Crippen molar-refractivity contribution in [1.29, 1.82) is 0 Å². The molecule has 3 unspecified atom stereocenters. The van der Waals surface area contributed by atoms with Crippen LogP contribution in [0.2, 0.25) is 0 Å². The molecule has 2 heterocycles. The summed E-state index contributed by atoms with van der Waals surface area (Å²) < 4.78 is 39.2. The van der Waals surface area contributed by atoms with Crippen LogP contribution in [0, 0.1) is 23.7 Å². The lowest BCUT2D eigenvalue weighted by atomic mass is 9.89. The second-order valence-corrected chi connectivity index (χ2v) is 11.6. The molecule has 2 aliphatic carbocycles. The standard InChI is InChI=1S/C30H47FO5/c1-20(2)10-11-21(3)27(35-29-8-4-6-14-33-29)13-12-24-25-17-23(26(31)19-32)16-22(25)18-28(24)36-30-9-5-7-15-34-30/h10,12-13,21-22,24-25,27-30,32H,4-9,11,14-19H2,1-3H3/t21?,22-,24+,25-,27+,28+,29?,30?/m0/s1. The van der Waals surface area contributed by atoms with E-state index < -0.39 is 6.61 Å². The van der Waals surface area contributed by atoms with Gasteiger partial charge >= 0.3 is 0 Å². The number of halogens is 1. The topological polar surface area (TPSA) is 57.2 Å². The number of hydrogen-bond donors (Lipinski definition) is 1. The summed E-state index contributed by atoms with van der Waals surface area (Å²) in [4.78, 5) is 0. The van der Waals surface area contributed by atoms with E-state index in [2.05, 4.69) is 39.0 Å². The summed E-state index contributed by atoms with van der Waals surface area (Å²) in [7, 11) is 0. The Hall–Kier alpha value is -1.05. The van der Waals surface area contributed by atoms with Gasteiger partial charge in [0.1, 0.15) is 5.83 Å². The number of fused-ring (bicyclic) bond motifs is 1. The molecule has 0 radical (unpaired) electrons. The summed E-state index contributed by atoms with van der Waals surface area (Å²) in [6, 6.07) is 0. The summed E-state index contributed by atoms with van der Waals surface area (Å²) in [5, 5.41) is 9.35. The van der Waals surface area contributed by atoms with E-state index in [1.807, 2.05) is 0 Å². The largest absolute Gasteiger partial charge is 0.389 e. The third-order valence-corrected chi connectivity index (χ3v) is 8.47. The van der Waals surface area contributed by atoms with E-state index in [1.54, 1.807) is 0 Å². The van der Waals surface area contributed by atoms with Crippen LogP contribution in [0.3, 0.4) is 0 Å². The highest BCUT2D eigenvalue weighted by Crippen LogP contribution is 2.52. The maximum atomic E-state index is 14.3. The average Bonchev–Trinajstić information content (AvgIpc) is 3.44. The average molecular weight is 507 g/mol. The highest BCUT2D eigenvalue weighted by atomic mass is 19.1. The number of aliphatic hydroxyl groups excluding tert-OH is 1. The zero-order valence-electron chi connectivity index (χ0n) is 22.5. The molecule has 0 spiro atoms. The Morgan fingerprint density at radius 3 is 2.44 bits per heavy atom. The van der Waals surface area contributed by atoms with E-state index in [0.717, 1.165) is 76.6 Å². The van der Waals surface area contributed by atoms with E-state index in [-0.39, 0.29) is 36.5 Å². The first-order valence-corrected chi connectivity index (χ1v) is 14.3. The maximum Gasteiger partial charge on any atom is 0.158 e. The second-order valence-electron chi connectivity index (χ2n) is 11.6. The molecule has 4 fully saturated rings. The van der Waals surface area contributed by atoms with E-state index in [0.29, 0.717) is 24.2 Å². The van der Waals surface area contributed by atoms with Crippen molar-refractivity contribution in [1.82, 2.24) is 0 Å². The molecule has 1 N–H and O–H groups in total. The van der Waals surface area contributed by atoms with Crippen molar-refractivity contribution in [2.45, 2.75) is 110 Å². The van der Waals surface area contributed by atoms with E-state index in [9.17, 15) is 9.50 Å². The minimum absolute atomic E-state index is 0.0556. The summed E-state index contributed by atoms with van der Waals surface area (Å²) in [6.45, 7) is 7.54. The van der Waals surface area contributed by atoms with Gasteiger partial charge < -0.3 is 24.1 Å². The second kappa shape index (κ2) is 13.7. The van der Waals surface area contributed by atoms with Crippen LogP contribution in [-0.4, -0.2) is 49.7 Å². The molecule has 0 aromatic carbocycles. The van der Waals surface area contributed by atoms with E-state index in [4.69, 9.17) is 18.9 Å². The van der Waals surface area contributed by atoms with Gasteiger partial charge in [0.25, 0.3) is 0 Å². The third kappa shape index (κ3) is 7.50. The fourth-order valence-electron chi connectivity index (χ4n) is 6.36. The fourth-order valence-corrected chi connectivity index (χ4v) is 6.36. The first-order valence-electron chi connectivity index (χ1n) is 14.3. The molecule has 2 saturated carbocycles. The zero-order valence-corrected chi connectivity index (χ0v) is 22.5. The Kier molecular flexibility index (Phi) is 10.6. The molecule has 0 aromatic rings. The predicted molar refractivity (Wildman–Crippen MR) is 139 cm³/mol. The third-order valence-electron chi connectivity index (χ3n) is 8.47. The molecular formula is C30H47FO5. The molecule has 4 rings (SSSR count). The Bertz CT molecular complexity index is 776. The van der Waals surface area contributed by atoms with Crippen LogP contribution in [0.5, 0.6) is 0 Å². The monoisotopic (exact) mass is 506 g/mol. The van der Waals surface area contributed by atoms with Crippen molar-refractivity contribution < 1.29 is 28.4 Å². The zero-order chi connectivity index (χ0) is 25.5. The van der Waals surface area contributed by atoms with Gasteiger partial charge in [-0.2, -0.15) is 0 Å². The molecular weight excluding hydrogens is 459 g/mol. The minimum atomic E-state index is -0.496. The number of aliphatic hydroxyl groups is 1. The molecule has 2 saturated heterocycles. The van der Waals surface area contributed by atoms with Gasteiger partial charge in [0.05, 0.1) is 18.8 Å². The van der Waals surface area contributed by atoms with Gasteiger partial charge in [-0.15, -0.1) is 0 Å². The smallest absolute Gasteiger partial charge is 0.158 e. The van der Waals surface area contributed by atoms with Crippen LogP contribution in [0.15, 0.2) is 35.2 Å². The van der Waals surface area contributed by atoms with Crippen molar-refractivity contribution in [3.05, 3.63) is 35.2 Å². The number of rotatable bonds is 10. The van der Waals surface area contributed by atoms with Gasteiger partial charge in [0.2, 0.25) is 0 Å². The SMILES string of the molecule is CC(C)=CCC(C)[C@@H](C=C[C@@H]1[C@H]2CC(=C(F)CO)C[C@H]2C[C@H]1OC1CCCCO1)OC1CCCCO1. The first-order chi connectivity index (χ1) is 17.4. The highest BCUT2D eigenvalue weighted by Gasteiger charge is 2.48. The van der Waals surface area contributed by atoms with Crippen molar-refractivity contribution in [3.63, 3.8) is 0 Å². The molecule has 204 valence electrons. The highest BCUT2D eigenvalue weighted by molar-refractivity contribution is 5.21. The summed E-state index contributed by atoms with van der Waals surface area (Å²) in [5.41, 5.74) is 2.10. The van der Waals surface area contributed by atoms with E-state index >= 15 is 0 Å². The van der Waals surface area contributed by atoms with Gasteiger partial charge in [-0.05, 0) is 101 Å². The summed E-state index contributed by atoms with van der Waals surface area (Å²) >= 11 is 0. The molecule has 4 aliphatic rings. The maximum absolute atomic E-state index is 14.3. The molecule has 0 aromatic heterocycles. The van der Waals surface area contributed by atoms with Crippen LogP contribution in [0.1, 0.15) is 85.0 Å². The van der Waals surface area contributed by atoms with Crippen molar-refractivity contribution >= 4 is 0 Å². The molecule has 8 atom stereocenters. The van der Waals surface area contributed by atoms with Gasteiger partial charge in [0, 0.05) is 19.1 Å². The Balaban J connectivity index is 1.51. The Morgan fingerprint density at radius 1 is 1.08 bits per heavy atom. The molecule has 0 bridgehead atoms. The molecule has 36 heavy (non-hydrogen) atoms. The van der Waals surface area contributed by atoms with Gasteiger partial charge in [-0.1, -0.05) is 30.7 Å². The Labute approximate surface area is 217 Å². The van der Waals surface area contributed by atoms with E-state index in [1.165, 1.54) is 5.57 Å². The van der Waals surface area contributed by atoms with Gasteiger partial charge in [0.15, 0.2) is 12.6 Å². The molecule has 0 amide bonds. The van der Waals surface area contributed by atoms with Crippen LogP contribution in [-0.2, 0) is 18.9 Å². The van der Waals surface area contributed by atoms with Gasteiger partial charge in [-0.25, -0.2) is 4.39 Å².